The monoisotopic (exact) mass is 403 g/mol. The molecule has 1 N–H and O–H groups in total. The van der Waals surface area contributed by atoms with Crippen molar-refractivity contribution in [2.24, 2.45) is 0 Å². The maximum absolute atomic E-state index is 10.9. The van der Waals surface area contributed by atoms with Gasteiger partial charge in [0.05, 0.1) is 10.5 Å². The Balaban J connectivity index is 2.17. The zero-order valence-corrected chi connectivity index (χ0v) is 16.6. The van der Waals surface area contributed by atoms with Crippen LogP contribution in [-0.4, -0.2) is 22.7 Å². The van der Waals surface area contributed by atoms with E-state index < -0.39 is 12.6 Å². The van der Waals surface area contributed by atoms with Gasteiger partial charge in [0, 0.05) is 16.1 Å². The number of pyridine rings is 1. The Morgan fingerprint density at radius 2 is 1.85 bits per heavy atom. The molecule has 3 aromatic rings. The van der Waals surface area contributed by atoms with Crippen molar-refractivity contribution in [2.45, 2.75) is 26.7 Å². The van der Waals surface area contributed by atoms with E-state index in [4.69, 9.17) is 38.0 Å². The molecule has 0 radical (unpaired) electrons. The van der Waals surface area contributed by atoms with Crippen molar-refractivity contribution in [3.05, 3.63) is 68.8 Å². The minimum atomic E-state index is -1.03. The molecule has 0 bridgehead atoms. The molecular weight excluding hydrogens is 385 g/mol. The molecule has 1 heterocycles. The summed E-state index contributed by atoms with van der Waals surface area (Å²) in [5, 5.41) is 10.9. The van der Waals surface area contributed by atoms with Gasteiger partial charge in [-0.1, -0.05) is 42.3 Å². The largest absolute Gasteiger partial charge is 0.481 e. The number of carboxylic acids is 1. The highest BCUT2D eigenvalue weighted by Crippen LogP contribution is 2.36. The summed E-state index contributed by atoms with van der Waals surface area (Å²) in [6, 6.07) is 11.1. The van der Waals surface area contributed by atoms with Gasteiger partial charge >= 0.3 is 5.97 Å². The zero-order chi connectivity index (χ0) is 19.6. The lowest BCUT2D eigenvalue weighted by molar-refractivity contribution is -0.139. The van der Waals surface area contributed by atoms with Gasteiger partial charge in [0.15, 0.2) is 6.61 Å². The first kappa shape index (κ1) is 19.5. The van der Waals surface area contributed by atoms with Crippen LogP contribution in [0.25, 0.3) is 10.9 Å². The smallest absolute Gasteiger partial charge is 0.341 e. The van der Waals surface area contributed by atoms with Crippen molar-refractivity contribution in [2.75, 3.05) is 6.61 Å². The van der Waals surface area contributed by atoms with Crippen molar-refractivity contribution in [3.63, 3.8) is 0 Å². The second-order valence-electron chi connectivity index (χ2n) is 6.27. The Labute approximate surface area is 167 Å². The number of aliphatic carboxylic acids is 1. The number of carboxylic acid groups (broad SMARTS) is 1. The van der Waals surface area contributed by atoms with E-state index in [-0.39, 0.29) is 0 Å². The van der Waals surface area contributed by atoms with E-state index in [1.807, 2.05) is 31.2 Å². The van der Waals surface area contributed by atoms with E-state index in [0.29, 0.717) is 27.7 Å². The minimum absolute atomic E-state index is 0.418. The first-order valence-corrected chi connectivity index (χ1v) is 9.36. The molecule has 27 heavy (non-hydrogen) atoms. The number of hydrogen-bond acceptors (Lipinski definition) is 3. The number of rotatable bonds is 6. The molecule has 3 rings (SSSR count). The maximum Gasteiger partial charge on any atom is 0.341 e. The summed E-state index contributed by atoms with van der Waals surface area (Å²) >= 11 is 12.4. The number of benzene rings is 2. The van der Waals surface area contributed by atoms with Crippen molar-refractivity contribution in [3.8, 4) is 5.75 Å². The molecule has 0 saturated carbocycles. The van der Waals surface area contributed by atoms with Gasteiger partial charge in [0.1, 0.15) is 5.75 Å². The molecule has 1 aromatic heterocycles. The van der Waals surface area contributed by atoms with Crippen molar-refractivity contribution in [1.82, 2.24) is 4.98 Å². The Kier molecular flexibility index (Phi) is 5.88. The Morgan fingerprint density at radius 1 is 1.15 bits per heavy atom. The van der Waals surface area contributed by atoms with Crippen LogP contribution in [0, 0.1) is 6.92 Å². The van der Waals surface area contributed by atoms with Crippen LogP contribution in [0.4, 0.5) is 0 Å². The summed E-state index contributed by atoms with van der Waals surface area (Å²) in [5.41, 5.74) is 4.80. The molecular formula is C21H19Cl2NO3. The Morgan fingerprint density at radius 3 is 2.48 bits per heavy atom. The van der Waals surface area contributed by atoms with Gasteiger partial charge in [-0.15, -0.1) is 0 Å². The first-order chi connectivity index (χ1) is 12.9. The van der Waals surface area contributed by atoms with Gasteiger partial charge in [0.2, 0.25) is 0 Å². The van der Waals surface area contributed by atoms with E-state index in [2.05, 4.69) is 6.92 Å². The van der Waals surface area contributed by atoms with Gasteiger partial charge in [-0.3, -0.25) is 4.98 Å². The van der Waals surface area contributed by atoms with Gasteiger partial charge < -0.3 is 9.84 Å². The third-order valence-corrected chi connectivity index (χ3v) is 5.05. The average Bonchev–Trinajstić information content (AvgIpc) is 2.65. The maximum atomic E-state index is 10.9. The molecule has 2 aromatic carbocycles. The SMILES string of the molecule is CCc1nc2c(Cl)ccc(OCC(=O)O)c2c(C)c1Cc1ccc(Cl)cc1. The molecule has 0 aliphatic rings. The van der Waals surface area contributed by atoms with Crippen LogP contribution in [0.15, 0.2) is 36.4 Å². The molecule has 0 spiro atoms. The number of fused-ring (bicyclic) bond motifs is 1. The Bertz CT molecular complexity index is 1000. The van der Waals surface area contributed by atoms with Crippen LogP contribution in [0.1, 0.15) is 29.3 Å². The number of hydrogen-bond donors (Lipinski definition) is 1. The lowest BCUT2D eigenvalue weighted by atomic mass is 9.94. The lowest BCUT2D eigenvalue weighted by Crippen LogP contribution is -2.10. The van der Waals surface area contributed by atoms with Crippen LogP contribution in [-0.2, 0) is 17.6 Å². The molecule has 0 unspecified atom stereocenters. The fraction of sp³-hybridized carbons (Fsp3) is 0.238. The van der Waals surface area contributed by atoms with Crippen LogP contribution in [0.5, 0.6) is 5.75 Å². The molecule has 0 aliphatic heterocycles. The number of ether oxygens (including phenoxy) is 1. The van der Waals surface area contributed by atoms with Crippen molar-refractivity contribution in [1.29, 1.82) is 0 Å². The average molecular weight is 404 g/mol. The first-order valence-electron chi connectivity index (χ1n) is 8.60. The molecule has 0 amide bonds. The van der Waals surface area contributed by atoms with Crippen LogP contribution < -0.4 is 4.74 Å². The van der Waals surface area contributed by atoms with Gasteiger partial charge in [0.25, 0.3) is 0 Å². The normalized spacial score (nSPS) is 11.0. The standard InChI is InChI=1S/C21H19Cl2NO3/c1-3-17-15(10-13-4-6-14(22)7-5-13)12(2)20-18(27-11-19(25)26)9-8-16(23)21(20)24-17/h4-9H,3,10-11H2,1-2H3,(H,25,26). The highest BCUT2D eigenvalue weighted by atomic mass is 35.5. The van der Waals surface area contributed by atoms with Gasteiger partial charge in [-0.05, 0) is 60.7 Å². The molecule has 0 saturated heterocycles. The second kappa shape index (κ2) is 8.15. The van der Waals surface area contributed by atoms with Gasteiger partial charge in [-0.2, -0.15) is 0 Å². The summed E-state index contributed by atoms with van der Waals surface area (Å²) in [7, 11) is 0. The van der Waals surface area contributed by atoms with E-state index in [1.54, 1.807) is 12.1 Å². The predicted molar refractivity (Wildman–Crippen MR) is 108 cm³/mol. The Hall–Kier alpha value is -2.30. The fourth-order valence-electron chi connectivity index (χ4n) is 3.18. The van der Waals surface area contributed by atoms with Crippen molar-refractivity contribution < 1.29 is 14.6 Å². The number of nitrogens with zero attached hydrogens (tertiary/aromatic N) is 1. The van der Waals surface area contributed by atoms with Crippen LogP contribution in [0.2, 0.25) is 10.0 Å². The molecule has 0 atom stereocenters. The predicted octanol–water partition coefficient (Wildman–Crippen LogP) is 5.47. The molecule has 6 heteroatoms. The molecule has 140 valence electrons. The van der Waals surface area contributed by atoms with E-state index >= 15 is 0 Å². The molecule has 0 fully saturated rings. The topological polar surface area (TPSA) is 59.4 Å². The number of carbonyl (C=O) groups is 1. The van der Waals surface area contributed by atoms with E-state index in [9.17, 15) is 4.79 Å². The number of halogens is 2. The molecule has 4 nitrogen and oxygen atoms in total. The summed E-state index contributed by atoms with van der Waals surface area (Å²) in [6.07, 6.45) is 1.45. The molecule has 0 aliphatic carbocycles. The quantitative estimate of drug-likeness (QED) is 0.592. The van der Waals surface area contributed by atoms with E-state index in [0.717, 1.165) is 34.2 Å². The second-order valence-corrected chi connectivity index (χ2v) is 7.11. The van der Waals surface area contributed by atoms with E-state index in [1.165, 1.54) is 0 Å². The third-order valence-electron chi connectivity index (χ3n) is 4.49. The highest BCUT2D eigenvalue weighted by Gasteiger charge is 2.17. The number of aromatic nitrogens is 1. The summed E-state index contributed by atoms with van der Waals surface area (Å²) in [6.45, 7) is 3.63. The fourth-order valence-corrected chi connectivity index (χ4v) is 3.51. The van der Waals surface area contributed by atoms with Crippen molar-refractivity contribution >= 4 is 40.1 Å². The highest BCUT2D eigenvalue weighted by molar-refractivity contribution is 6.35. The number of aryl methyl sites for hydroxylation is 2. The van der Waals surface area contributed by atoms with Gasteiger partial charge in [-0.25, -0.2) is 4.79 Å². The third kappa shape index (κ3) is 4.18. The summed E-state index contributed by atoms with van der Waals surface area (Å²) in [4.78, 5) is 15.7. The van der Waals surface area contributed by atoms with Crippen LogP contribution >= 0.6 is 23.2 Å². The summed E-state index contributed by atoms with van der Waals surface area (Å²) in [5.74, 6) is -0.558. The van der Waals surface area contributed by atoms with Crippen LogP contribution in [0.3, 0.4) is 0 Å². The lowest BCUT2D eigenvalue weighted by Gasteiger charge is -2.17. The minimum Gasteiger partial charge on any atom is -0.481 e. The zero-order valence-electron chi connectivity index (χ0n) is 15.1. The summed E-state index contributed by atoms with van der Waals surface area (Å²) < 4.78 is 5.50.